The van der Waals surface area contributed by atoms with Crippen molar-refractivity contribution in [3.05, 3.63) is 107 Å². The minimum Gasteiger partial charge on any atom is -0.340 e. The number of nitrogens with zero attached hydrogens (tertiary/aromatic N) is 2. The van der Waals surface area contributed by atoms with Crippen LogP contribution in [0.3, 0.4) is 0 Å². The summed E-state index contributed by atoms with van der Waals surface area (Å²) in [6.45, 7) is 1.74. The van der Waals surface area contributed by atoms with Gasteiger partial charge in [0, 0.05) is 12.1 Å². The van der Waals surface area contributed by atoms with E-state index in [0.29, 0.717) is 29.4 Å². The maximum absolute atomic E-state index is 14.2. The molecule has 3 aromatic carbocycles. The zero-order chi connectivity index (χ0) is 25.9. The van der Waals surface area contributed by atoms with Gasteiger partial charge in [0.1, 0.15) is 11.1 Å². The Kier molecular flexibility index (Phi) is 6.61. The molecule has 1 aliphatic rings. The van der Waals surface area contributed by atoms with Crippen LogP contribution < -0.4 is 16.2 Å². The minimum absolute atomic E-state index is 0.240. The number of amides is 2. The molecule has 2 N–H and O–H groups in total. The zero-order valence-corrected chi connectivity index (χ0v) is 20.8. The van der Waals surface area contributed by atoms with Crippen LogP contribution in [-0.2, 0) is 21.5 Å². The highest BCUT2D eigenvalue weighted by molar-refractivity contribution is 6.01. The number of hydrogen-bond donors (Lipinski definition) is 2. The van der Waals surface area contributed by atoms with Crippen molar-refractivity contribution < 1.29 is 9.59 Å². The molecule has 1 saturated carbocycles. The predicted octanol–water partition coefficient (Wildman–Crippen LogP) is 4.42. The molecule has 2 amide bonds. The number of anilines is 1. The second kappa shape index (κ2) is 10.0. The lowest BCUT2D eigenvalue weighted by molar-refractivity contribution is -0.135. The average molecular weight is 495 g/mol. The van der Waals surface area contributed by atoms with E-state index in [1.54, 1.807) is 25.1 Å². The molecular weight excluding hydrogens is 464 g/mol. The molecule has 0 aliphatic heterocycles. The van der Waals surface area contributed by atoms with E-state index in [4.69, 9.17) is 0 Å². The molecule has 1 aliphatic carbocycles. The molecule has 37 heavy (non-hydrogen) atoms. The van der Waals surface area contributed by atoms with Crippen LogP contribution in [0.2, 0.25) is 0 Å². The number of nitrogens with one attached hydrogen (secondary N) is 2. The van der Waals surface area contributed by atoms with E-state index in [2.05, 4.69) is 15.6 Å². The zero-order valence-electron chi connectivity index (χ0n) is 20.8. The molecule has 1 aromatic heterocycles. The van der Waals surface area contributed by atoms with E-state index in [-0.39, 0.29) is 23.8 Å². The van der Waals surface area contributed by atoms with Gasteiger partial charge in [0.15, 0.2) is 0 Å². The minimum atomic E-state index is -1.32. The molecule has 0 bridgehead atoms. The van der Waals surface area contributed by atoms with Crippen LogP contribution in [0.4, 0.5) is 5.69 Å². The number of aromatic nitrogens is 2. The molecule has 1 unspecified atom stereocenters. The van der Waals surface area contributed by atoms with Crippen LogP contribution in [0.1, 0.15) is 38.2 Å². The predicted molar refractivity (Wildman–Crippen MR) is 144 cm³/mol. The first-order chi connectivity index (χ1) is 17.9. The van der Waals surface area contributed by atoms with Gasteiger partial charge in [-0.25, -0.2) is 4.98 Å². The smallest absolute Gasteiger partial charge is 0.262 e. The lowest BCUT2D eigenvalue weighted by Gasteiger charge is -2.36. The highest BCUT2D eigenvalue weighted by atomic mass is 16.2. The second-order valence-corrected chi connectivity index (χ2v) is 9.94. The standard InChI is InChI=1S/C30H30N4O3/c1-29(20-22-12-4-2-5-13-22,34-21-31-25-17-9-8-16-24(25)26(34)35)27(36)33-30(18-10-11-19-30)28(37)32-23-14-6-3-7-15-23/h2-9,12-17,21H,10-11,18-20H2,1H3,(H,32,37)(H,33,36). The summed E-state index contributed by atoms with van der Waals surface area (Å²) in [4.78, 5) is 45.8. The summed E-state index contributed by atoms with van der Waals surface area (Å²) < 4.78 is 1.41. The molecule has 0 radical (unpaired) electrons. The number of fused-ring (bicyclic) bond motifs is 1. The molecular formula is C30H30N4O3. The normalized spacial score (nSPS) is 16.1. The van der Waals surface area contributed by atoms with Crippen LogP contribution >= 0.6 is 0 Å². The van der Waals surface area contributed by atoms with Crippen molar-refractivity contribution in [2.24, 2.45) is 0 Å². The van der Waals surface area contributed by atoms with E-state index in [1.807, 2.05) is 66.7 Å². The average Bonchev–Trinajstić information content (AvgIpc) is 3.40. The van der Waals surface area contributed by atoms with E-state index >= 15 is 0 Å². The molecule has 4 aromatic rings. The summed E-state index contributed by atoms with van der Waals surface area (Å²) >= 11 is 0. The summed E-state index contributed by atoms with van der Waals surface area (Å²) in [5, 5.41) is 6.52. The fourth-order valence-corrected chi connectivity index (χ4v) is 5.20. The monoisotopic (exact) mass is 494 g/mol. The van der Waals surface area contributed by atoms with Crippen LogP contribution in [0.5, 0.6) is 0 Å². The van der Waals surface area contributed by atoms with Gasteiger partial charge in [-0.2, -0.15) is 0 Å². The maximum Gasteiger partial charge on any atom is 0.262 e. The summed E-state index contributed by atoms with van der Waals surface area (Å²) in [5.74, 6) is -0.628. The number of hydrogen-bond acceptors (Lipinski definition) is 4. The second-order valence-electron chi connectivity index (χ2n) is 9.94. The van der Waals surface area contributed by atoms with Gasteiger partial charge in [-0.3, -0.25) is 19.0 Å². The lowest BCUT2D eigenvalue weighted by atomic mass is 9.88. The topological polar surface area (TPSA) is 93.1 Å². The van der Waals surface area contributed by atoms with Crippen molar-refractivity contribution in [2.75, 3.05) is 5.32 Å². The van der Waals surface area contributed by atoms with Gasteiger partial charge in [0.2, 0.25) is 11.8 Å². The highest BCUT2D eigenvalue weighted by Crippen LogP contribution is 2.33. The van der Waals surface area contributed by atoms with Crippen LogP contribution in [0.25, 0.3) is 10.9 Å². The SMILES string of the molecule is CC(Cc1ccccc1)(C(=O)NC1(C(=O)Nc2ccccc2)CCCC1)n1cnc2ccccc2c1=O. The molecule has 7 heteroatoms. The number of para-hydroxylation sites is 2. The first-order valence-electron chi connectivity index (χ1n) is 12.6. The van der Waals surface area contributed by atoms with Crippen molar-refractivity contribution >= 4 is 28.4 Å². The van der Waals surface area contributed by atoms with Crippen molar-refractivity contribution in [3.8, 4) is 0 Å². The summed E-state index contributed by atoms with van der Waals surface area (Å²) in [7, 11) is 0. The number of carbonyl (C=O) groups excluding carboxylic acids is 2. The largest absolute Gasteiger partial charge is 0.340 e. The van der Waals surface area contributed by atoms with E-state index in [1.165, 1.54) is 10.9 Å². The molecule has 7 nitrogen and oxygen atoms in total. The van der Waals surface area contributed by atoms with Gasteiger partial charge >= 0.3 is 0 Å². The van der Waals surface area contributed by atoms with E-state index in [9.17, 15) is 14.4 Å². The van der Waals surface area contributed by atoms with Gasteiger partial charge in [0.25, 0.3) is 5.56 Å². The molecule has 1 fully saturated rings. The van der Waals surface area contributed by atoms with E-state index in [0.717, 1.165) is 18.4 Å². The fraction of sp³-hybridized carbons (Fsp3) is 0.267. The number of rotatable bonds is 7. The first-order valence-corrected chi connectivity index (χ1v) is 12.6. The van der Waals surface area contributed by atoms with Gasteiger partial charge in [-0.1, -0.05) is 73.5 Å². The van der Waals surface area contributed by atoms with Crippen LogP contribution in [0.15, 0.2) is 96.1 Å². The molecule has 0 saturated heterocycles. The number of carbonyl (C=O) groups is 2. The van der Waals surface area contributed by atoms with Crippen LogP contribution in [0, 0.1) is 0 Å². The first kappa shape index (κ1) is 24.4. The Morgan fingerprint density at radius 3 is 2.24 bits per heavy atom. The summed E-state index contributed by atoms with van der Waals surface area (Å²) in [6, 6.07) is 25.9. The summed E-state index contributed by atoms with van der Waals surface area (Å²) in [6.07, 6.45) is 4.42. The van der Waals surface area contributed by atoms with Gasteiger partial charge < -0.3 is 10.6 Å². The Hall–Kier alpha value is -4.26. The lowest BCUT2D eigenvalue weighted by Crippen LogP contribution is -2.61. The van der Waals surface area contributed by atoms with Gasteiger partial charge in [-0.15, -0.1) is 0 Å². The Labute approximate surface area is 215 Å². The Bertz CT molecular complexity index is 1480. The van der Waals surface area contributed by atoms with Crippen molar-refractivity contribution in [3.63, 3.8) is 0 Å². The Balaban J connectivity index is 1.54. The fourth-order valence-electron chi connectivity index (χ4n) is 5.20. The third-order valence-corrected chi connectivity index (χ3v) is 7.35. The van der Waals surface area contributed by atoms with Crippen molar-refractivity contribution in [2.45, 2.75) is 50.1 Å². The van der Waals surface area contributed by atoms with Crippen molar-refractivity contribution in [1.82, 2.24) is 14.9 Å². The van der Waals surface area contributed by atoms with E-state index < -0.39 is 11.1 Å². The molecule has 5 rings (SSSR count). The highest BCUT2D eigenvalue weighted by Gasteiger charge is 2.47. The Morgan fingerprint density at radius 1 is 0.919 bits per heavy atom. The number of benzene rings is 3. The summed E-state index contributed by atoms with van der Waals surface area (Å²) in [5.41, 5.74) is -0.532. The molecule has 188 valence electrons. The van der Waals surface area contributed by atoms with Crippen molar-refractivity contribution in [1.29, 1.82) is 0 Å². The third-order valence-electron chi connectivity index (χ3n) is 7.35. The molecule has 0 spiro atoms. The third kappa shape index (κ3) is 4.77. The van der Waals surface area contributed by atoms with Gasteiger partial charge in [0.05, 0.1) is 17.2 Å². The Morgan fingerprint density at radius 2 is 1.54 bits per heavy atom. The van der Waals surface area contributed by atoms with Crippen LogP contribution in [-0.4, -0.2) is 26.9 Å². The quantitative estimate of drug-likeness (QED) is 0.398. The molecule has 1 atom stereocenters. The molecule has 1 heterocycles. The van der Waals surface area contributed by atoms with Gasteiger partial charge in [-0.05, 0) is 49.6 Å². The maximum atomic E-state index is 14.2.